The molecular formula is C32H22Br2CuN4O2S2. The van der Waals surface area contributed by atoms with E-state index < -0.39 is 0 Å². The molecule has 6 nitrogen and oxygen atoms in total. The normalized spacial score (nSPS) is 15.8. The van der Waals surface area contributed by atoms with Gasteiger partial charge in [-0.3, -0.25) is 9.59 Å². The van der Waals surface area contributed by atoms with E-state index >= 15 is 0 Å². The van der Waals surface area contributed by atoms with Crippen LogP contribution in [-0.2, 0) is 26.7 Å². The second kappa shape index (κ2) is 15.9. The molecular weight excluding hydrogens is 760 g/mol. The van der Waals surface area contributed by atoms with E-state index in [0.29, 0.717) is 11.1 Å². The summed E-state index contributed by atoms with van der Waals surface area (Å²) in [5.74, 6) is -0.0453. The predicted molar refractivity (Wildman–Crippen MR) is 181 cm³/mol. The molecule has 0 fully saturated rings. The maximum absolute atomic E-state index is 11.7. The van der Waals surface area contributed by atoms with Gasteiger partial charge in [0.05, 0.1) is 11.4 Å². The molecule has 2 heterocycles. The second-order valence-electron chi connectivity index (χ2n) is 8.75. The third kappa shape index (κ3) is 9.27. The van der Waals surface area contributed by atoms with Crippen molar-refractivity contribution in [2.45, 2.75) is 0 Å². The van der Waals surface area contributed by atoms with Crippen molar-refractivity contribution >= 4 is 76.4 Å². The van der Waals surface area contributed by atoms with E-state index in [1.54, 1.807) is 36.7 Å². The zero-order valence-corrected chi connectivity index (χ0v) is 27.9. The van der Waals surface area contributed by atoms with E-state index in [2.05, 4.69) is 52.5 Å². The number of benzene rings is 2. The molecule has 4 aromatic rings. The molecule has 2 aliphatic carbocycles. The van der Waals surface area contributed by atoms with E-state index in [1.165, 1.54) is 34.8 Å². The summed E-state index contributed by atoms with van der Waals surface area (Å²) in [6, 6.07) is 20.0. The number of halogens is 2. The number of carbonyl (C=O) groups excluding carboxylic acids is 2. The van der Waals surface area contributed by atoms with Gasteiger partial charge in [0.15, 0.2) is 21.8 Å². The Morgan fingerprint density at radius 3 is 1.40 bits per heavy atom. The van der Waals surface area contributed by atoms with Crippen molar-refractivity contribution < 1.29 is 26.7 Å². The van der Waals surface area contributed by atoms with Gasteiger partial charge >= 0.3 is 0 Å². The number of rotatable bonds is 6. The summed E-state index contributed by atoms with van der Waals surface area (Å²) in [7, 11) is 0. The molecule has 11 heteroatoms. The Hall–Kier alpha value is -3.44. The fraction of sp³-hybridized carbons (Fsp3) is 0. The molecule has 2 N–H and O–H groups in total. The zero-order valence-electron chi connectivity index (χ0n) is 22.1. The van der Waals surface area contributed by atoms with E-state index in [1.807, 2.05) is 71.4 Å². The number of allylic oxidation sites excluding steroid dienone is 10. The molecule has 2 aliphatic rings. The molecule has 43 heavy (non-hydrogen) atoms. The number of anilines is 2. The summed E-state index contributed by atoms with van der Waals surface area (Å²) in [5.41, 5.74) is 5.20. The molecule has 219 valence electrons. The van der Waals surface area contributed by atoms with Crippen LogP contribution in [0.4, 0.5) is 10.3 Å². The summed E-state index contributed by atoms with van der Waals surface area (Å²) >= 11 is 9.73. The Labute approximate surface area is 284 Å². The Bertz CT molecular complexity index is 1660. The molecule has 0 spiro atoms. The summed E-state index contributed by atoms with van der Waals surface area (Å²) in [6.07, 6.45) is 13.5. The Balaban J connectivity index is 0.000000192. The zero-order chi connectivity index (χ0) is 29.3. The summed E-state index contributed by atoms with van der Waals surface area (Å²) < 4.78 is 1.75. The van der Waals surface area contributed by atoms with Gasteiger partial charge in [0.1, 0.15) is 0 Å². The molecule has 2 aromatic heterocycles. The molecule has 0 unspecified atom stereocenters. The number of nitrogens with one attached hydrogen (secondary N) is 2. The number of nitrogens with zero attached hydrogens (tertiary/aromatic N) is 2. The first-order valence-electron chi connectivity index (χ1n) is 12.6. The average Bonchev–Trinajstić information content (AvgIpc) is 3.70. The van der Waals surface area contributed by atoms with Crippen LogP contribution in [0.25, 0.3) is 22.5 Å². The van der Waals surface area contributed by atoms with Crippen LogP contribution in [0.3, 0.4) is 0 Å². The average molecular weight is 782 g/mol. The van der Waals surface area contributed by atoms with Crippen molar-refractivity contribution in [2.24, 2.45) is 0 Å². The molecule has 0 saturated carbocycles. The van der Waals surface area contributed by atoms with Crippen molar-refractivity contribution in [3.63, 3.8) is 0 Å². The van der Waals surface area contributed by atoms with Crippen molar-refractivity contribution in [2.75, 3.05) is 10.6 Å². The molecule has 2 aromatic carbocycles. The summed E-state index contributed by atoms with van der Waals surface area (Å²) in [4.78, 5) is 32.4. The van der Waals surface area contributed by atoms with Crippen LogP contribution in [0.1, 0.15) is 0 Å². The topological polar surface area (TPSA) is 84.0 Å². The Kier molecular flexibility index (Phi) is 12.0. The van der Waals surface area contributed by atoms with Crippen LogP contribution in [0.5, 0.6) is 0 Å². The first-order valence-corrected chi connectivity index (χ1v) is 15.9. The van der Waals surface area contributed by atoms with E-state index in [9.17, 15) is 9.59 Å². The number of hydrogen-bond donors (Lipinski definition) is 2. The molecule has 0 atom stereocenters. The van der Waals surface area contributed by atoms with Gasteiger partial charge in [-0.05, 0) is 36.5 Å². The van der Waals surface area contributed by atoms with Crippen LogP contribution in [-0.4, -0.2) is 21.5 Å². The van der Waals surface area contributed by atoms with Gasteiger partial charge in [0.25, 0.3) is 0 Å². The van der Waals surface area contributed by atoms with Crippen LogP contribution in [0, 0.1) is 0 Å². The molecule has 0 aliphatic heterocycles. The number of carbonyl (C=O) groups is 2. The van der Waals surface area contributed by atoms with Crippen molar-refractivity contribution in [1.29, 1.82) is 0 Å². The van der Waals surface area contributed by atoms with Gasteiger partial charge in [-0.25, -0.2) is 9.97 Å². The molecule has 0 amide bonds. The van der Waals surface area contributed by atoms with Crippen molar-refractivity contribution in [3.05, 3.63) is 140 Å². The minimum Gasteiger partial charge on any atom is -0.337 e. The third-order valence-electron chi connectivity index (χ3n) is 5.79. The molecule has 0 saturated heterocycles. The van der Waals surface area contributed by atoms with Gasteiger partial charge in [0, 0.05) is 71.5 Å². The van der Waals surface area contributed by atoms with Crippen molar-refractivity contribution in [1.82, 2.24) is 9.97 Å². The molecule has 1 radical (unpaired) electrons. The van der Waals surface area contributed by atoms with Gasteiger partial charge in [0.2, 0.25) is 0 Å². The van der Waals surface area contributed by atoms with Crippen LogP contribution >= 0.6 is 54.5 Å². The molecule has 0 bridgehead atoms. The van der Waals surface area contributed by atoms with Crippen LogP contribution < -0.4 is 10.6 Å². The summed E-state index contributed by atoms with van der Waals surface area (Å²) in [5, 5.41) is 11.7. The quantitative estimate of drug-likeness (QED) is 0.150. The van der Waals surface area contributed by atoms with E-state index in [4.69, 9.17) is 0 Å². The Morgan fingerprint density at radius 1 is 0.605 bits per heavy atom. The van der Waals surface area contributed by atoms with E-state index in [0.717, 1.165) is 41.7 Å². The fourth-order valence-electron chi connectivity index (χ4n) is 3.71. The smallest absolute Gasteiger partial charge is 0.187 e. The second-order valence-corrected chi connectivity index (χ2v) is 12.3. The predicted octanol–water partition coefficient (Wildman–Crippen LogP) is 9.04. The number of hydrogen-bond acceptors (Lipinski definition) is 8. The van der Waals surface area contributed by atoms with Crippen LogP contribution in [0.2, 0.25) is 0 Å². The van der Waals surface area contributed by atoms with Crippen molar-refractivity contribution in [3.8, 4) is 22.5 Å². The number of ketones is 2. The summed E-state index contributed by atoms with van der Waals surface area (Å²) in [6.45, 7) is 0. The van der Waals surface area contributed by atoms with Crippen LogP contribution in [0.15, 0.2) is 140 Å². The standard InChI is InChI=1S/2C16H11BrN2OS.Cu/c2*17-13-6-7-15(20)12(8-13)9-18-16-19-14(10-21-16)11-4-2-1-3-5-11;/h2*1-10H,(H,18,19);. The SMILES string of the molecule is O=C1C=CC(Br)=CC1=CNc1nc(-c2ccccc2)cs1.O=C1C=CC(Br)=CC1=CNc1nc(-c2ccccc2)cs1.[Cu]. The van der Waals surface area contributed by atoms with Gasteiger partial charge < -0.3 is 10.6 Å². The monoisotopic (exact) mass is 779 g/mol. The minimum atomic E-state index is -0.0226. The maximum Gasteiger partial charge on any atom is 0.187 e. The molecule has 6 rings (SSSR count). The third-order valence-corrected chi connectivity index (χ3v) is 8.33. The fourth-order valence-corrected chi connectivity index (χ4v) is 5.84. The first kappa shape index (κ1) is 32.5. The number of aromatic nitrogens is 2. The van der Waals surface area contributed by atoms with Gasteiger partial charge in [-0.15, -0.1) is 22.7 Å². The first-order chi connectivity index (χ1) is 20.4. The van der Waals surface area contributed by atoms with E-state index in [-0.39, 0.29) is 28.6 Å². The minimum absolute atomic E-state index is 0. The largest absolute Gasteiger partial charge is 0.337 e. The maximum atomic E-state index is 11.7. The van der Waals surface area contributed by atoms with Gasteiger partial charge in [-0.1, -0.05) is 92.5 Å². The number of thiazole rings is 2. The Morgan fingerprint density at radius 2 is 1.00 bits per heavy atom. The van der Waals surface area contributed by atoms with Gasteiger partial charge in [-0.2, -0.15) is 0 Å².